The summed E-state index contributed by atoms with van der Waals surface area (Å²) in [6.07, 6.45) is -0.160. The van der Waals surface area contributed by atoms with Crippen LogP contribution in [0.4, 0.5) is 17.6 Å². The summed E-state index contributed by atoms with van der Waals surface area (Å²) < 4.78 is 74.6. The van der Waals surface area contributed by atoms with E-state index in [1.54, 1.807) is 11.0 Å². The van der Waals surface area contributed by atoms with E-state index in [0.29, 0.717) is 37.9 Å². The second-order valence-electron chi connectivity index (χ2n) is 10.9. The Morgan fingerprint density at radius 3 is 2.30 bits per heavy atom. The number of ether oxygens (including phenoxy) is 3. The summed E-state index contributed by atoms with van der Waals surface area (Å²) in [4.78, 5) is 40.6. The molecule has 0 atom stereocenters. The molecule has 47 heavy (non-hydrogen) atoms. The van der Waals surface area contributed by atoms with Crippen molar-refractivity contribution in [2.45, 2.75) is 38.1 Å². The van der Waals surface area contributed by atoms with E-state index in [9.17, 15) is 27.6 Å². The minimum atomic E-state index is -1.58. The summed E-state index contributed by atoms with van der Waals surface area (Å²) >= 11 is 11.9. The molecule has 4 aromatic rings. The molecule has 0 spiro atoms. The predicted molar refractivity (Wildman–Crippen MR) is 168 cm³/mol. The van der Waals surface area contributed by atoms with Gasteiger partial charge >= 0.3 is 5.69 Å². The molecule has 3 aromatic carbocycles. The largest absolute Gasteiger partial charge is 0.493 e. The molecular formula is C32H29Cl2F4N3O6. The quantitative estimate of drug-likeness (QED) is 0.105. The lowest BCUT2D eigenvalue weighted by Crippen LogP contribution is -2.44. The van der Waals surface area contributed by atoms with Crippen LogP contribution in [0.2, 0.25) is 10.0 Å². The first-order chi connectivity index (χ1) is 22.6. The molecule has 1 aliphatic heterocycles. The van der Waals surface area contributed by atoms with E-state index in [-0.39, 0.29) is 51.2 Å². The van der Waals surface area contributed by atoms with E-state index in [1.807, 2.05) is 0 Å². The molecule has 1 saturated heterocycles. The van der Waals surface area contributed by atoms with Crippen molar-refractivity contribution in [2.24, 2.45) is 0 Å². The molecule has 1 amide bonds. The molecule has 9 nitrogen and oxygen atoms in total. The monoisotopic (exact) mass is 697 g/mol. The van der Waals surface area contributed by atoms with Gasteiger partial charge in [0.2, 0.25) is 6.41 Å². The van der Waals surface area contributed by atoms with Crippen LogP contribution in [0, 0.1) is 11.6 Å². The third-order valence-corrected chi connectivity index (χ3v) is 8.64. The van der Waals surface area contributed by atoms with Crippen LogP contribution in [0.1, 0.15) is 30.0 Å². The highest BCUT2D eigenvalue weighted by Crippen LogP contribution is 2.32. The maximum atomic E-state index is 15.2. The van der Waals surface area contributed by atoms with Crippen molar-refractivity contribution in [3.05, 3.63) is 96.1 Å². The molecule has 0 aliphatic carbocycles. The van der Waals surface area contributed by atoms with Crippen molar-refractivity contribution in [2.75, 3.05) is 33.5 Å². The number of methoxy groups -OCH3 is 1. The Bertz CT molecular complexity index is 1910. The molecule has 0 unspecified atom stereocenters. The molecule has 5 rings (SSSR count). The summed E-state index contributed by atoms with van der Waals surface area (Å²) in [6.45, 7) is -2.23. The number of rotatable bonds is 12. The van der Waals surface area contributed by atoms with E-state index in [2.05, 4.69) is 0 Å². The standard InChI is InChI=1S/C32H29Cl2F4N3O6/c1-45-30-8-18(2-3-28(30)46-16-19-9-23(33)24(34)11-25(19)37)15-40-31(43)22-10-29(47-21(13-35)14-36)26(38)12-27(22)41(32(40)44)20-4-6-39(17-42)7-5-20/h2-3,8-12,17,20-21H,4-7,13-16H2,1H3. The molecule has 1 fully saturated rings. The van der Waals surface area contributed by atoms with Crippen LogP contribution >= 0.6 is 23.2 Å². The van der Waals surface area contributed by atoms with Gasteiger partial charge in [-0.1, -0.05) is 29.3 Å². The van der Waals surface area contributed by atoms with Crippen LogP contribution in [-0.2, 0) is 17.9 Å². The molecule has 0 saturated carbocycles. The Labute approximate surface area is 275 Å². The number of hydrogen-bond acceptors (Lipinski definition) is 6. The average molecular weight is 698 g/mol. The molecule has 0 bridgehead atoms. The van der Waals surface area contributed by atoms with E-state index < -0.39 is 54.1 Å². The van der Waals surface area contributed by atoms with Crippen molar-refractivity contribution >= 4 is 40.5 Å². The van der Waals surface area contributed by atoms with Gasteiger partial charge in [-0.05, 0) is 48.7 Å². The zero-order valence-corrected chi connectivity index (χ0v) is 26.5. The van der Waals surface area contributed by atoms with Crippen molar-refractivity contribution in [1.82, 2.24) is 14.0 Å². The fourth-order valence-corrected chi connectivity index (χ4v) is 5.77. The maximum absolute atomic E-state index is 15.2. The number of alkyl halides is 2. The zero-order chi connectivity index (χ0) is 33.8. The van der Waals surface area contributed by atoms with Gasteiger partial charge in [-0.2, -0.15) is 0 Å². The number of aromatic nitrogens is 2. The highest BCUT2D eigenvalue weighted by atomic mass is 35.5. The van der Waals surface area contributed by atoms with Gasteiger partial charge in [-0.15, -0.1) is 0 Å². The summed E-state index contributed by atoms with van der Waals surface area (Å²) in [5.74, 6) is -1.69. The van der Waals surface area contributed by atoms with E-state index >= 15 is 4.39 Å². The third kappa shape index (κ3) is 7.20. The molecule has 2 heterocycles. The molecular weight excluding hydrogens is 669 g/mol. The van der Waals surface area contributed by atoms with Crippen LogP contribution in [-0.4, -0.2) is 60.1 Å². The molecule has 1 aromatic heterocycles. The number of hydrogen-bond donors (Lipinski definition) is 0. The summed E-state index contributed by atoms with van der Waals surface area (Å²) in [6, 6.07) is 8.56. The second-order valence-corrected chi connectivity index (χ2v) is 11.7. The van der Waals surface area contributed by atoms with Gasteiger partial charge in [0.15, 0.2) is 29.2 Å². The van der Waals surface area contributed by atoms with E-state index in [4.69, 9.17) is 37.4 Å². The first kappa shape index (κ1) is 34.1. The highest BCUT2D eigenvalue weighted by Gasteiger charge is 2.26. The number of likely N-dealkylation sites (tertiary alicyclic amines) is 1. The van der Waals surface area contributed by atoms with Crippen molar-refractivity contribution in [3.63, 3.8) is 0 Å². The van der Waals surface area contributed by atoms with Crippen LogP contribution in [0.5, 0.6) is 17.2 Å². The Kier molecular flexibility index (Phi) is 10.7. The van der Waals surface area contributed by atoms with Gasteiger partial charge < -0.3 is 19.1 Å². The number of benzene rings is 3. The van der Waals surface area contributed by atoms with E-state index in [1.165, 1.54) is 29.9 Å². The number of piperidine rings is 1. The normalized spacial score (nSPS) is 13.7. The van der Waals surface area contributed by atoms with Crippen LogP contribution in [0.25, 0.3) is 10.9 Å². The Morgan fingerprint density at radius 1 is 0.936 bits per heavy atom. The lowest BCUT2D eigenvalue weighted by Gasteiger charge is -2.31. The van der Waals surface area contributed by atoms with Gasteiger partial charge in [-0.25, -0.2) is 22.4 Å². The smallest absolute Gasteiger partial charge is 0.332 e. The van der Waals surface area contributed by atoms with Gasteiger partial charge in [0.05, 0.1) is 34.6 Å². The number of halogens is 6. The zero-order valence-electron chi connectivity index (χ0n) is 25.0. The lowest BCUT2D eigenvalue weighted by atomic mass is 10.0. The molecule has 1 aliphatic rings. The molecule has 0 N–H and O–H groups in total. The second kappa shape index (κ2) is 14.7. The maximum Gasteiger partial charge on any atom is 0.332 e. The number of carbonyl (C=O) groups excluding carboxylic acids is 1. The number of amides is 1. The van der Waals surface area contributed by atoms with Crippen LogP contribution < -0.4 is 25.5 Å². The summed E-state index contributed by atoms with van der Waals surface area (Å²) in [7, 11) is 1.38. The predicted octanol–water partition coefficient (Wildman–Crippen LogP) is 5.86. The SMILES string of the molecule is COc1cc(Cn2c(=O)c3cc(OC(CF)CF)c(F)cc3n(C3CCN(C=O)CC3)c2=O)ccc1OCc1cc(Cl)c(Cl)cc1F. The molecule has 250 valence electrons. The van der Waals surface area contributed by atoms with Gasteiger partial charge in [0.1, 0.15) is 25.8 Å². The first-order valence-corrected chi connectivity index (χ1v) is 15.2. The number of fused-ring (bicyclic) bond motifs is 1. The van der Waals surface area contributed by atoms with E-state index in [0.717, 1.165) is 22.8 Å². The van der Waals surface area contributed by atoms with Crippen molar-refractivity contribution in [1.29, 1.82) is 0 Å². The lowest BCUT2D eigenvalue weighted by molar-refractivity contribution is -0.119. The van der Waals surface area contributed by atoms with Crippen LogP contribution in [0.3, 0.4) is 0 Å². The molecule has 15 heteroatoms. The fourth-order valence-electron chi connectivity index (χ4n) is 5.44. The van der Waals surface area contributed by atoms with Gasteiger partial charge in [-0.3, -0.25) is 18.7 Å². The molecule has 0 radical (unpaired) electrons. The minimum Gasteiger partial charge on any atom is -0.493 e. The minimum absolute atomic E-state index is 0.0152. The Hall–Kier alpha value is -4.23. The van der Waals surface area contributed by atoms with Crippen molar-refractivity contribution < 1.29 is 36.6 Å². The average Bonchev–Trinajstić information content (AvgIpc) is 3.07. The topological polar surface area (TPSA) is 92.0 Å². The summed E-state index contributed by atoms with van der Waals surface area (Å²) in [5, 5.41) is 0.105. The summed E-state index contributed by atoms with van der Waals surface area (Å²) in [5.41, 5.74) is -0.928. The van der Waals surface area contributed by atoms with Gasteiger partial charge in [0.25, 0.3) is 5.56 Å². The fraction of sp³-hybridized carbons (Fsp3) is 0.344. The van der Waals surface area contributed by atoms with Gasteiger partial charge in [0, 0.05) is 30.8 Å². The van der Waals surface area contributed by atoms with Crippen LogP contribution in [0.15, 0.2) is 52.1 Å². The third-order valence-electron chi connectivity index (χ3n) is 7.91. The first-order valence-electron chi connectivity index (χ1n) is 14.5. The number of nitrogens with zero attached hydrogens (tertiary/aromatic N) is 3. The number of carbonyl (C=O) groups is 1. The Morgan fingerprint density at radius 2 is 1.64 bits per heavy atom. The van der Waals surface area contributed by atoms with Crippen molar-refractivity contribution in [3.8, 4) is 17.2 Å². The highest BCUT2D eigenvalue weighted by molar-refractivity contribution is 6.42. The Balaban J connectivity index is 1.54.